The van der Waals surface area contributed by atoms with Gasteiger partial charge >= 0.3 is 0 Å². The summed E-state index contributed by atoms with van der Waals surface area (Å²) in [6, 6.07) is 3.60. The summed E-state index contributed by atoms with van der Waals surface area (Å²) in [6.45, 7) is 9.57. The molecular weight excluding hydrogens is 432 g/mol. The Labute approximate surface area is 171 Å². The summed E-state index contributed by atoms with van der Waals surface area (Å²) in [6.07, 6.45) is 1.53. The van der Waals surface area contributed by atoms with Gasteiger partial charge in [0.2, 0.25) is 4.77 Å². The first-order valence-corrected chi connectivity index (χ1v) is 9.55. The van der Waals surface area contributed by atoms with Gasteiger partial charge in [0.25, 0.3) is 5.56 Å². The predicted octanol–water partition coefficient (Wildman–Crippen LogP) is 4.04. The van der Waals surface area contributed by atoms with Gasteiger partial charge in [-0.15, -0.1) is 0 Å². The van der Waals surface area contributed by atoms with E-state index in [0.29, 0.717) is 22.8 Å². The molecule has 7 nitrogen and oxygen atoms in total. The highest BCUT2D eigenvalue weighted by Gasteiger charge is 2.21. The zero-order valence-electron chi connectivity index (χ0n) is 16.2. The van der Waals surface area contributed by atoms with Crippen LogP contribution < -0.4 is 15.0 Å². The standard InChI is InChI=1S/C18H23BrN4O3S/c1-10(2)26-14-12(19)7-11(8-13(14)25-6)9-20-23-16(24)15(18(3,4)5)21-22-17(23)27/h7-10H,1-6H3,(H,22,27)/b20-9-. The molecule has 0 radical (unpaired) electrons. The van der Waals surface area contributed by atoms with Crippen LogP contribution in [0.2, 0.25) is 0 Å². The molecule has 0 amide bonds. The quantitative estimate of drug-likeness (QED) is 0.544. The van der Waals surface area contributed by atoms with E-state index in [9.17, 15) is 4.79 Å². The number of nitrogens with one attached hydrogen (secondary N) is 1. The second-order valence-corrected chi connectivity index (χ2v) is 8.43. The minimum atomic E-state index is -0.435. The van der Waals surface area contributed by atoms with Gasteiger partial charge < -0.3 is 9.47 Å². The molecule has 0 aliphatic rings. The van der Waals surface area contributed by atoms with E-state index in [4.69, 9.17) is 21.7 Å². The van der Waals surface area contributed by atoms with E-state index in [1.165, 1.54) is 6.21 Å². The highest BCUT2D eigenvalue weighted by molar-refractivity contribution is 9.10. The fraction of sp³-hybridized carbons (Fsp3) is 0.444. The third kappa shape index (κ3) is 5.04. The van der Waals surface area contributed by atoms with Gasteiger partial charge in [0, 0.05) is 5.41 Å². The van der Waals surface area contributed by atoms with Crippen molar-refractivity contribution in [2.45, 2.75) is 46.1 Å². The van der Waals surface area contributed by atoms with Gasteiger partial charge in [-0.25, -0.2) is 0 Å². The summed E-state index contributed by atoms with van der Waals surface area (Å²) < 4.78 is 13.2. The lowest BCUT2D eigenvalue weighted by molar-refractivity contribution is 0.228. The molecule has 146 valence electrons. The molecule has 2 rings (SSSR count). The van der Waals surface area contributed by atoms with Crippen LogP contribution >= 0.6 is 28.1 Å². The molecule has 1 aromatic heterocycles. The number of nitrogens with zero attached hydrogens (tertiary/aromatic N) is 3. The molecule has 27 heavy (non-hydrogen) atoms. The Hall–Kier alpha value is -2.00. The molecule has 0 saturated heterocycles. The number of hydrogen-bond acceptors (Lipinski definition) is 6. The van der Waals surface area contributed by atoms with Crippen LogP contribution in [0.5, 0.6) is 11.5 Å². The van der Waals surface area contributed by atoms with Crippen molar-refractivity contribution < 1.29 is 9.47 Å². The van der Waals surface area contributed by atoms with Crippen LogP contribution in [0, 0.1) is 4.77 Å². The summed E-state index contributed by atoms with van der Waals surface area (Å²) >= 11 is 8.65. The van der Waals surface area contributed by atoms with Crippen LogP contribution in [0.1, 0.15) is 45.9 Å². The number of H-pyrrole nitrogens is 1. The number of rotatable bonds is 5. The van der Waals surface area contributed by atoms with Gasteiger partial charge in [0.15, 0.2) is 11.5 Å². The molecule has 1 N–H and O–H groups in total. The lowest BCUT2D eigenvalue weighted by atomic mass is 9.93. The molecule has 0 aliphatic carbocycles. The molecule has 0 saturated carbocycles. The Morgan fingerprint density at radius 3 is 2.59 bits per heavy atom. The Morgan fingerprint density at radius 1 is 1.37 bits per heavy atom. The molecule has 2 aromatic rings. The van der Waals surface area contributed by atoms with Crippen LogP contribution in [-0.4, -0.2) is 34.3 Å². The highest BCUT2D eigenvalue weighted by Crippen LogP contribution is 2.37. The molecule has 0 bridgehead atoms. The van der Waals surface area contributed by atoms with Gasteiger partial charge in [-0.2, -0.15) is 14.9 Å². The summed E-state index contributed by atoms with van der Waals surface area (Å²) in [5.41, 5.74) is 0.280. The first-order valence-electron chi connectivity index (χ1n) is 8.35. The van der Waals surface area contributed by atoms with Crippen molar-refractivity contribution in [3.8, 4) is 11.5 Å². The van der Waals surface area contributed by atoms with E-state index >= 15 is 0 Å². The number of aromatic amines is 1. The van der Waals surface area contributed by atoms with E-state index in [1.54, 1.807) is 13.2 Å². The topological polar surface area (TPSA) is 81.5 Å². The maximum atomic E-state index is 12.7. The minimum Gasteiger partial charge on any atom is -0.493 e. The average Bonchev–Trinajstić information content (AvgIpc) is 2.55. The SMILES string of the molecule is COc1cc(/C=N\n2c(=S)[nH]nc(C(C)(C)C)c2=O)cc(Br)c1OC(C)C. The fourth-order valence-electron chi connectivity index (χ4n) is 2.27. The Balaban J connectivity index is 2.49. The van der Waals surface area contributed by atoms with Crippen molar-refractivity contribution in [1.82, 2.24) is 14.9 Å². The van der Waals surface area contributed by atoms with Gasteiger partial charge in [-0.05, 0) is 59.7 Å². The zero-order valence-corrected chi connectivity index (χ0v) is 18.6. The lowest BCUT2D eigenvalue weighted by Crippen LogP contribution is -2.32. The monoisotopic (exact) mass is 454 g/mol. The van der Waals surface area contributed by atoms with Crippen LogP contribution in [0.15, 0.2) is 26.5 Å². The predicted molar refractivity (Wildman–Crippen MR) is 112 cm³/mol. The highest BCUT2D eigenvalue weighted by atomic mass is 79.9. The van der Waals surface area contributed by atoms with Gasteiger partial charge in [0.1, 0.15) is 5.69 Å². The first-order chi connectivity index (χ1) is 12.5. The van der Waals surface area contributed by atoms with Crippen LogP contribution in [0.4, 0.5) is 0 Å². The summed E-state index contributed by atoms with van der Waals surface area (Å²) in [4.78, 5) is 12.7. The molecule has 1 aromatic carbocycles. The number of hydrogen-bond donors (Lipinski definition) is 1. The van der Waals surface area contributed by atoms with Crippen molar-refractivity contribution >= 4 is 34.4 Å². The van der Waals surface area contributed by atoms with E-state index in [1.807, 2.05) is 40.7 Å². The number of aromatic nitrogens is 3. The fourth-order valence-corrected chi connectivity index (χ4v) is 3.00. The van der Waals surface area contributed by atoms with Crippen LogP contribution in [-0.2, 0) is 5.41 Å². The molecule has 0 spiro atoms. The zero-order chi connectivity index (χ0) is 20.4. The van der Waals surface area contributed by atoms with Crippen molar-refractivity contribution in [3.63, 3.8) is 0 Å². The maximum Gasteiger partial charge on any atom is 0.297 e. The van der Waals surface area contributed by atoms with Crippen molar-refractivity contribution in [3.05, 3.63) is 43.0 Å². The summed E-state index contributed by atoms with van der Waals surface area (Å²) in [5.74, 6) is 1.17. The average molecular weight is 455 g/mol. The molecule has 1 heterocycles. The molecule has 0 atom stereocenters. The van der Waals surface area contributed by atoms with Crippen molar-refractivity contribution in [2.24, 2.45) is 5.10 Å². The Kier molecular flexibility index (Phi) is 6.59. The van der Waals surface area contributed by atoms with Crippen LogP contribution in [0.25, 0.3) is 0 Å². The number of benzene rings is 1. The molecule has 0 aliphatic heterocycles. The van der Waals surface area contributed by atoms with E-state index in [-0.39, 0.29) is 16.4 Å². The third-order valence-electron chi connectivity index (χ3n) is 3.49. The van der Waals surface area contributed by atoms with Gasteiger partial charge in [-0.3, -0.25) is 9.89 Å². The number of methoxy groups -OCH3 is 1. The molecule has 9 heteroatoms. The summed E-state index contributed by atoms with van der Waals surface area (Å²) in [5, 5.41) is 11.0. The Bertz CT molecular complexity index is 974. The largest absolute Gasteiger partial charge is 0.493 e. The maximum absolute atomic E-state index is 12.7. The smallest absolute Gasteiger partial charge is 0.297 e. The van der Waals surface area contributed by atoms with Crippen LogP contribution in [0.3, 0.4) is 0 Å². The Morgan fingerprint density at radius 2 is 2.04 bits per heavy atom. The first kappa shape index (κ1) is 21.3. The number of ether oxygens (including phenoxy) is 2. The van der Waals surface area contributed by atoms with Gasteiger partial charge in [-0.1, -0.05) is 20.8 Å². The number of halogens is 1. The van der Waals surface area contributed by atoms with E-state index < -0.39 is 5.41 Å². The second-order valence-electron chi connectivity index (χ2n) is 7.19. The van der Waals surface area contributed by atoms with Crippen molar-refractivity contribution in [2.75, 3.05) is 7.11 Å². The molecular formula is C18H23BrN4O3S. The normalized spacial score (nSPS) is 12.0. The summed E-state index contributed by atoms with van der Waals surface area (Å²) in [7, 11) is 1.56. The third-order valence-corrected chi connectivity index (χ3v) is 4.34. The van der Waals surface area contributed by atoms with E-state index in [2.05, 4.69) is 31.2 Å². The second kappa shape index (κ2) is 8.35. The van der Waals surface area contributed by atoms with Gasteiger partial charge in [0.05, 0.1) is 23.9 Å². The van der Waals surface area contributed by atoms with E-state index in [0.717, 1.165) is 9.15 Å². The lowest BCUT2D eigenvalue weighted by Gasteiger charge is -2.16. The van der Waals surface area contributed by atoms with Crippen molar-refractivity contribution in [1.29, 1.82) is 0 Å². The molecule has 0 fully saturated rings. The molecule has 0 unspecified atom stereocenters. The minimum absolute atomic E-state index is 0.000701.